The molecule has 2 aromatic rings. The normalized spacial score (nSPS) is 10.6. The molecule has 0 atom stereocenters. The smallest absolute Gasteiger partial charge is 0.269 e. The Bertz CT molecular complexity index is 795. The molecule has 0 heterocycles. The molecule has 0 saturated heterocycles. The van der Waals surface area contributed by atoms with E-state index in [1.54, 1.807) is 26.2 Å². The summed E-state index contributed by atoms with van der Waals surface area (Å²) in [6.45, 7) is 1.01. The average molecular weight is 497 g/mol. The minimum absolute atomic E-state index is 0. The lowest BCUT2D eigenvalue weighted by Crippen LogP contribution is -2.42. The third-order valence-electron chi connectivity index (χ3n) is 3.78. The summed E-state index contributed by atoms with van der Waals surface area (Å²) < 4.78 is 0. The molecule has 0 aromatic heterocycles. The average Bonchev–Trinajstić information content (AvgIpc) is 2.68. The van der Waals surface area contributed by atoms with Gasteiger partial charge in [0.2, 0.25) is 5.91 Å². The summed E-state index contributed by atoms with van der Waals surface area (Å²) in [5, 5.41) is 16.9. The first kappa shape index (κ1) is 23.3. The van der Waals surface area contributed by atoms with Crippen LogP contribution in [0.15, 0.2) is 59.6 Å². The zero-order valence-electron chi connectivity index (χ0n) is 15.8. The fourth-order valence-corrected chi connectivity index (χ4v) is 2.17. The van der Waals surface area contributed by atoms with Crippen molar-refractivity contribution in [1.82, 2.24) is 15.5 Å². The largest absolute Gasteiger partial charge is 0.352 e. The molecule has 28 heavy (non-hydrogen) atoms. The molecule has 0 bridgehead atoms. The molecule has 0 aliphatic heterocycles. The van der Waals surface area contributed by atoms with Crippen LogP contribution in [0.25, 0.3) is 0 Å². The van der Waals surface area contributed by atoms with Gasteiger partial charge in [0.15, 0.2) is 5.96 Å². The number of guanidine groups is 1. The second-order valence-electron chi connectivity index (χ2n) is 6.07. The van der Waals surface area contributed by atoms with Crippen molar-refractivity contribution in [3.63, 3.8) is 0 Å². The van der Waals surface area contributed by atoms with Gasteiger partial charge in [-0.05, 0) is 11.1 Å². The first-order chi connectivity index (χ1) is 13.0. The maximum atomic E-state index is 11.8. The summed E-state index contributed by atoms with van der Waals surface area (Å²) in [6.07, 6.45) is 0. The molecule has 2 N–H and O–H groups in total. The number of non-ortho nitro benzene ring substituents is 1. The van der Waals surface area contributed by atoms with Gasteiger partial charge in [-0.1, -0.05) is 42.5 Å². The number of carbonyl (C=O) groups is 1. The standard InChI is InChI=1S/C19H23N5O3.HI/c1-23(2)18(25)14-22-19(20-12-15-6-4-3-5-7-15)21-13-16-8-10-17(11-9-16)24(26)27;/h3-11H,12-14H2,1-2H3,(H2,20,21,22);1H. The Morgan fingerprint density at radius 1 is 1.04 bits per heavy atom. The van der Waals surface area contributed by atoms with Crippen LogP contribution in [0.2, 0.25) is 0 Å². The van der Waals surface area contributed by atoms with Gasteiger partial charge in [0.1, 0.15) is 0 Å². The summed E-state index contributed by atoms with van der Waals surface area (Å²) in [5.41, 5.74) is 1.97. The highest BCUT2D eigenvalue weighted by molar-refractivity contribution is 14.0. The number of aliphatic imine (C=N–C) groups is 1. The second-order valence-corrected chi connectivity index (χ2v) is 6.07. The molecule has 0 aliphatic carbocycles. The zero-order valence-corrected chi connectivity index (χ0v) is 18.1. The van der Waals surface area contributed by atoms with Crippen molar-refractivity contribution in [3.8, 4) is 0 Å². The minimum Gasteiger partial charge on any atom is -0.352 e. The topological polar surface area (TPSA) is 99.9 Å². The number of likely N-dealkylation sites (N-methyl/N-ethyl adjacent to an activating group) is 1. The van der Waals surface area contributed by atoms with Gasteiger partial charge in [-0.3, -0.25) is 14.9 Å². The fourth-order valence-electron chi connectivity index (χ4n) is 2.17. The van der Waals surface area contributed by atoms with E-state index >= 15 is 0 Å². The monoisotopic (exact) mass is 497 g/mol. The Morgan fingerprint density at radius 2 is 1.68 bits per heavy atom. The lowest BCUT2D eigenvalue weighted by Gasteiger charge is -2.15. The maximum Gasteiger partial charge on any atom is 0.269 e. The minimum atomic E-state index is -0.432. The van der Waals surface area contributed by atoms with Gasteiger partial charge in [-0.2, -0.15) is 0 Å². The number of carbonyl (C=O) groups excluding carboxylic acids is 1. The van der Waals surface area contributed by atoms with Gasteiger partial charge in [0.25, 0.3) is 5.69 Å². The first-order valence-corrected chi connectivity index (χ1v) is 8.45. The molecule has 2 rings (SSSR count). The number of nitrogens with zero attached hydrogens (tertiary/aromatic N) is 3. The van der Waals surface area contributed by atoms with E-state index in [9.17, 15) is 14.9 Å². The van der Waals surface area contributed by atoms with Crippen LogP contribution in [0.1, 0.15) is 11.1 Å². The summed E-state index contributed by atoms with van der Waals surface area (Å²) in [5.74, 6) is 0.423. The van der Waals surface area contributed by atoms with Crippen molar-refractivity contribution in [3.05, 3.63) is 75.8 Å². The molecule has 150 valence electrons. The van der Waals surface area contributed by atoms with Crippen molar-refractivity contribution >= 4 is 41.5 Å². The first-order valence-electron chi connectivity index (χ1n) is 8.45. The molecule has 1 amide bonds. The number of hydrogen-bond donors (Lipinski definition) is 2. The van der Waals surface area contributed by atoms with Gasteiger partial charge >= 0.3 is 0 Å². The predicted molar refractivity (Wildman–Crippen MR) is 120 cm³/mol. The van der Waals surface area contributed by atoms with E-state index in [1.807, 2.05) is 30.3 Å². The number of rotatable bonds is 7. The number of nitro groups is 1. The van der Waals surface area contributed by atoms with Crippen molar-refractivity contribution in [1.29, 1.82) is 0 Å². The summed E-state index contributed by atoms with van der Waals surface area (Å²) >= 11 is 0. The molecule has 0 saturated carbocycles. The SMILES string of the molecule is CN(C)C(=O)CNC(=NCc1ccccc1)NCc1ccc([N+](=O)[O-])cc1.I. The van der Waals surface area contributed by atoms with Crippen LogP contribution >= 0.6 is 24.0 Å². The Morgan fingerprint density at radius 3 is 2.25 bits per heavy atom. The number of nitrogens with one attached hydrogen (secondary N) is 2. The van der Waals surface area contributed by atoms with E-state index in [1.165, 1.54) is 17.0 Å². The highest BCUT2D eigenvalue weighted by Gasteiger charge is 2.07. The summed E-state index contributed by atoms with van der Waals surface area (Å²) in [4.78, 5) is 28.1. The Balaban J connectivity index is 0.00000392. The third-order valence-corrected chi connectivity index (χ3v) is 3.78. The van der Waals surface area contributed by atoms with E-state index in [-0.39, 0.29) is 42.1 Å². The molecule has 0 unspecified atom stereocenters. The quantitative estimate of drug-likeness (QED) is 0.201. The highest BCUT2D eigenvalue weighted by Crippen LogP contribution is 2.11. The van der Waals surface area contributed by atoms with Crippen molar-refractivity contribution in [2.45, 2.75) is 13.1 Å². The van der Waals surface area contributed by atoms with Crippen molar-refractivity contribution in [2.75, 3.05) is 20.6 Å². The van der Waals surface area contributed by atoms with Crippen LogP contribution in [0, 0.1) is 10.1 Å². The lowest BCUT2D eigenvalue weighted by molar-refractivity contribution is -0.384. The number of hydrogen-bond acceptors (Lipinski definition) is 4. The Hall–Kier alpha value is -2.69. The van der Waals surface area contributed by atoms with Crippen molar-refractivity contribution in [2.24, 2.45) is 4.99 Å². The molecular formula is C19H24IN5O3. The van der Waals surface area contributed by atoms with E-state index < -0.39 is 4.92 Å². The Labute approximate surface area is 181 Å². The van der Waals surface area contributed by atoms with E-state index in [0.29, 0.717) is 19.0 Å². The van der Waals surface area contributed by atoms with Crippen LogP contribution in [0.3, 0.4) is 0 Å². The highest BCUT2D eigenvalue weighted by atomic mass is 127. The van der Waals surface area contributed by atoms with Crippen LogP contribution in [0.5, 0.6) is 0 Å². The summed E-state index contributed by atoms with van der Waals surface area (Å²) in [6, 6.07) is 16.1. The number of nitro benzene ring substituents is 1. The lowest BCUT2D eigenvalue weighted by atomic mass is 10.2. The zero-order chi connectivity index (χ0) is 19.6. The number of benzene rings is 2. The van der Waals surface area contributed by atoms with Gasteiger partial charge in [-0.25, -0.2) is 4.99 Å². The van der Waals surface area contributed by atoms with E-state index in [4.69, 9.17) is 0 Å². The Kier molecular flexibility index (Phi) is 9.93. The number of amides is 1. The second kappa shape index (κ2) is 11.9. The molecule has 2 aromatic carbocycles. The fraction of sp³-hybridized carbons (Fsp3) is 0.263. The molecule has 0 spiro atoms. The van der Waals surface area contributed by atoms with Crippen LogP contribution in [-0.4, -0.2) is 42.3 Å². The maximum absolute atomic E-state index is 11.8. The van der Waals surface area contributed by atoms with E-state index in [2.05, 4.69) is 15.6 Å². The molecule has 8 nitrogen and oxygen atoms in total. The van der Waals surface area contributed by atoms with Gasteiger partial charge in [-0.15, -0.1) is 24.0 Å². The molecular weight excluding hydrogens is 473 g/mol. The predicted octanol–water partition coefficient (Wildman–Crippen LogP) is 2.54. The van der Waals surface area contributed by atoms with Crippen LogP contribution < -0.4 is 10.6 Å². The molecule has 0 fully saturated rings. The third kappa shape index (κ3) is 7.91. The molecule has 0 aliphatic rings. The molecule has 0 radical (unpaired) electrons. The van der Waals surface area contributed by atoms with Gasteiger partial charge < -0.3 is 15.5 Å². The molecule has 9 heteroatoms. The summed E-state index contributed by atoms with van der Waals surface area (Å²) in [7, 11) is 3.38. The van der Waals surface area contributed by atoms with Gasteiger partial charge in [0.05, 0.1) is 18.0 Å². The van der Waals surface area contributed by atoms with Crippen molar-refractivity contribution < 1.29 is 9.72 Å². The number of halogens is 1. The van der Waals surface area contributed by atoms with E-state index in [0.717, 1.165) is 11.1 Å². The van der Waals surface area contributed by atoms with Crippen LogP contribution in [-0.2, 0) is 17.9 Å². The van der Waals surface area contributed by atoms with Gasteiger partial charge in [0, 0.05) is 32.8 Å². The van der Waals surface area contributed by atoms with Crippen LogP contribution in [0.4, 0.5) is 5.69 Å².